The molecule has 210 valence electrons. The van der Waals surface area contributed by atoms with Gasteiger partial charge in [-0.1, -0.05) is 84.9 Å². The number of nitrogens with zero attached hydrogens (tertiary/aromatic N) is 4. The van der Waals surface area contributed by atoms with Gasteiger partial charge in [0, 0.05) is 56.9 Å². The highest BCUT2D eigenvalue weighted by molar-refractivity contribution is 6.10. The number of para-hydroxylation sites is 6. The van der Waals surface area contributed by atoms with Gasteiger partial charge < -0.3 is 13.7 Å². The maximum atomic E-state index is 5.20. The van der Waals surface area contributed by atoms with E-state index in [4.69, 9.17) is 4.98 Å². The van der Waals surface area contributed by atoms with Crippen molar-refractivity contribution in [2.45, 2.75) is 19.5 Å². The lowest BCUT2D eigenvalue weighted by atomic mass is 10.1. The highest BCUT2D eigenvalue weighted by Gasteiger charge is 2.17. The molecule has 0 amide bonds. The monoisotopic (exact) mass is 566 g/mol. The molecule has 6 aromatic carbocycles. The fourth-order valence-corrected chi connectivity index (χ4v) is 7.12. The normalized spacial score (nSPS) is 11.9. The van der Waals surface area contributed by atoms with Gasteiger partial charge >= 0.3 is 0 Å². The molecule has 0 N–H and O–H groups in total. The number of fused-ring (bicyclic) bond motifs is 7. The van der Waals surface area contributed by atoms with E-state index in [1.54, 1.807) is 0 Å². The van der Waals surface area contributed by atoms with Crippen LogP contribution in [0, 0.1) is 0 Å². The number of imidazole rings is 1. The zero-order valence-corrected chi connectivity index (χ0v) is 24.3. The van der Waals surface area contributed by atoms with E-state index in [0.717, 1.165) is 36.4 Å². The molecule has 0 spiro atoms. The topological polar surface area (TPSA) is 27.7 Å². The summed E-state index contributed by atoms with van der Waals surface area (Å²) in [6, 6.07) is 52.2. The summed E-state index contributed by atoms with van der Waals surface area (Å²) in [5.41, 5.74) is 9.53. The number of hydrogen-bond donors (Lipinski definition) is 0. The molecule has 0 unspecified atom stereocenters. The van der Waals surface area contributed by atoms with Crippen LogP contribution in [0.4, 0.5) is 0 Å². The van der Waals surface area contributed by atoms with E-state index in [9.17, 15) is 0 Å². The maximum absolute atomic E-state index is 5.20. The molecule has 3 heterocycles. The molecule has 9 aromatic rings. The molecule has 0 aliphatic heterocycles. The Bertz CT molecular complexity index is 2420. The molecule has 0 saturated heterocycles. The van der Waals surface area contributed by atoms with Gasteiger partial charge in [0.1, 0.15) is 5.82 Å². The minimum absolute atomic E-state index is 0.875. The first kappa shape index (κ1) is 24.9. The molecule has 44 heavy (non-hydrogen) atoms. The van der Waals surface area contributed by atoms with Gasteiger partial charge in [-0.2, -0.15) is 0 Å². The van der Waals surface area contributed by atoms with Gasteiger partial charge in [-0.15, -0.1) is 0 Å². The second-order valence-electron chi connectivity index (χ2n) is 11.5. The van der Waals surface area contributed by atoms with Crippen molar-refractivity contribution in [2.75, 3.05) is 0 Å². The number of rotatable bonds is 6. The van der Waals surface area contributed by atoms with Crippen LogP contribution in [0.5, 0.6) is 0 Å². The third-order valence-corrected chi connectivity index (χ3v) is 9.04. The van der Waals surface area contributed by atoms with Crippen LogP contribution in [0.1, 0.15) is 6.42 Å². The van der Waals surface area contributed by atoms with Crippen LogP contribution in [0.3, 0.4) is 0 Å². The average molecular weight is 567 g/mol. The van der Waals surface area contributed by atoms with E-state index >= 15 is 0 Å². The standard InChI is InChI=1S/C40H30N4/c1-2-13-29(14-3-1)44-37-21-10-6-17-32(37)33-27-28(23-24-38(33)44)40-41-34-18-7-11-22-39(34)43(40)26-12-25-42-35-19-8-4-15-30(35)31-16-5-9-20-36(31)42/h1-11,13-24,27H,12,25-26H2. The minimum Gasteiger partial charge on any atom is -0.340 e. The molecular formula is C40H30N4. The first-order valence-corrected chi connectivity index (χ1v) is 15.4. The largest absolute Gasteiger partial charge is 0.340 e. The Morgan fingerprint density at radius 1 is 0.432 bits per heavy atom. The molecule has 0 atom stereocenters. The van der Waals surface area contributed by atoms with E-state index in [0.29, 0.717) is 0 Å². The predicted molar refractivity (Wildman–Crippen MR) is 184 cm³/mol. The van der Waals surface area contributed by atoms with Crippen LogP contribution < -0.4 is 0 Å². The number of aromatic nitrogens is 4. The van der Waals surface area contributed by atoms with Crippen molar-refractivity contribution in [1.29, 1.82) is 0 Å². The minimum atomic E-state index is 0.875. The quantitative estimate of drug-likeness (QED) is 0.197. The van der Waals surface area contributed by atoms with Crippen molar-refractivity contribution >= 4 is 54.6 Å². The fraction of sp³-hybridized carbons (Fsp3) is 0.0750. The molecule has 0 aliphatic rings. The van der Waals surface area contributed by atoms with Crippen LogP contribution in [0.2, 0.25) is 0 Å². The second-order valence-corrected chi connectivity index (χ2v) is 11.5. The molecule has 0 fully saturated rings. The van der Waals surface area contributed by atoms with Crippen molar-refractivity contribution in [2.24, 2.45) is 0 Å². The van der Waals surface area contributed by atoms with E-state index in [1.807, 2.05) is 0 Å². The van der Waals surface area contributed by atoms with Gasteiger partial charge in [-0.25, -0.2) is 4.98 Å². The van der Waals surface area contributed by atoms with E-state index in [1.165, 1.54) is 54.8 Å². The van der Waals surface area contributed by atoms with E-state index < -0.39 is 0 Å². The average Bonchev–Trinajstić information content (AvgIpc) is 3.73. The highest BCUT2D eigenvalue weighted by Crippen LogP contribution is 2.36. The van der Waals surface area contributed by atoms with Crippen molar-refractivity contribution < 1.29 is 0 Å². The number of hydrogen-bond acceptors (Lipinski definition) is 1. The van der Waals surface area contributed by atoms with Crippen LogP contribution in [-0.2, 0) is 13.1 Å². The smallest absolute Gasteiger partial charge is 0.141 e. The lowest BCUT2D eigenvalue weighted by Crippen LogP contribution is -2.05. The van der Waals surface area contributed by atoms with Crippen LogP contribution in [0.25, 0.3) is 71.7 Å². The number of aryl methyl sites for hydroxylation is 2. The van der Waals surface area contributed by atoms with Crippen molar-refractivity contribution in [1.82, 2.24) is 18.7 Å². The Morgan fingerprint density at radius 2 is 0.977 bits per heavy atom. The van der Waals surface area contributed by atoms with Crippen LogP contribution in [0.15, 0.2) is 146 Å². The first-order chi connectivity index (χ1) is 21.8. The molecule has 9 rings (SSSR count). The van der Waals surface area contributed by atoms with Crippen LogP contribution in [-0.4, -0.2) is 18.7 Å². The Balaban J connectivity index is 1.14. The molecule has 0 saturated carbocycles. The lowest BCUT2D eigenvalue weighted by Gasteiger charge is -2.12. The summed E-state index contributed by atoms with van der Waals surface area (Å²) in [6.45, 7) is 1.81. The van der Waals surface area contributed by atoms with Gasteiger partial charge in [0.2, 0.25) is 0 Å². The van der Waals surface area contributed by atoms with Crippen molar-refractivity contribution in [3.63, 3.8) is 0 Å². The molecule has 4 heteroatoms. The highest BCUT2D eigenvalue weighted by atomic mass is 15.1. The number of benzene rings is 6. The fourth-order valence-electron chi connectivity index (χ4n) is 7.12. The Hall–Kier alpha value is -5.61. The van der Waals surface area contributed by atoms with E-state index in [-0.39, 0.29) is 0 Å². The van der Waals surface area contributed by atoms with Crippen molar-refractivity contribution in [3.05, 3.63) is 146 Å². The zero-order valence-electron chi connectivity index (χ0n) is 24.3. The summed E-state index contributed by atoms with van der Waals surface area (Å²) in [5, 5.41) is 5.13. The third kappa shape index (κ3) is 3.81. The molecular weight excluding hydrogens is 536 g/mol. The van der Waals surface area contributed by atoms with Crippen molar-refractivity contribution in [3.8, 4) is 17.1 Å². The first-order valence-electron chi connectivity index (χ1n) is 15.4. The molecule has 4 nitrogen and oxygen atoms in total. The summed E-state index contributed by atoms with van der Waals surface area (Å²) in [5.74, 6) is 1.02. The summed E-state index contributed by atoms with van der Waals surface area (Å²) >= 11 is 0. The summed E-state index contributed by atoms with van der Waals surface area (Å²) in [7, 11) is 0. The van der Waals surface area contributed by atoms with Gasteiger partial charge in [0.05, 0.1) is 22.1 Å². The molecule has 3 aromatic heterocycles. The summed E-state index contributed by atoms with van der Waals surface area (Å²) in [4.78, 5) is 5.20. The predicted octanol–water partition coefficient (Wildman–Crippen LogP) is 10.00. The van der Waals surface area contributed by atoms with Gasteiger partial charge in [0.15, 0.2) is 0 Å². The molecule has 0 aliphatic carbocycles. The lowest BCUT2D eigenvalue weighted by molar-refractivity contribution is 0.594. The molecule has 0 radical (unpaired) electrons. The van der Waals surface area contributed by atoms with Gasteiger partial charge in [-0.05, 0) is 67.1 Å². The maximum Gasteiger partial charge on any atom is 0.141 e. The van der Waals surface area contributed by atoms with Crippen LogP contribution >= 0.6 is 0 Å². The van der Waals surface area contributed by atoms with Gasteiger partial charge in [-0.3, -0.25) is 0 Å². The third-order valence-electron chi connectivity index (χ3n) is 9.04. The zero-order chi connectivity index (χ0) is 29.0. The Kier molecular flexibility index (Phi) is 5.66. The SMILES string of the molecule is c1ccc(-n2c3ccccc3c3cc(-c4nc5ccccc5n4CCCn4c5ccccc5c5ccccc54)ccc32)cc1. The van der Waals surface area contributed by atoms with Gasteiger partial charge in [0.25, 0.3) is 0 Å². The van der Waals surface area contributed by atoms with E-state index in [2.05, 4.69) is 159 Å². The molecule has 0 bridgehead atoms. The second kappa shape index (κ2) is 9.99. The Labute approximate surface area is 255 Å². The summed E-state index contributed by atoms with van der Waals surface area (Å²) in [6.07, 6.45) is 0.992. The summed E-state index contributed by atoms with van der Waals surface area (Å²) < 4.78 is 7.26. The Morgan fingerprint density at radius 3 is 1.70 bits per heavy atom.